The summed E-state index contributed by atoms with van der Waals surface area (Å²) in [4.78, 5) is 11.5. The van der Waals surface area contributed by atoms with E-state index in [4.69, 9.17) is 4.74 Å². The molecule has 0 bridgehead atoms. The number of carbonyl (C=O) groups excluding carboxylic acids is 1. The predicted octanol–water partition coefficient (Wildman–Crippen LogP) is -0.695. The topological polar surface area (TPSA) is 35.1 Å². The zero-order valence-corrected chi connectivity index (χ0v) is 9.14. The van der Waals surface area contributed by atoms with Crippen LogP contribution in [0.1, 0.15) is 12.8 Å². The molecule has 0 spiro atoms. The van der Waals surface area contributed by atoms with Gasteiger partial charge in [0.15, 0.2) is 0 Å². The lowest BCUT2D eigenvalue weighted by Gasteiger charge is -2.28. The van der Waals surface area contributed by atoms with Gasteiger partial charge in [-0.25, -0.2) is 0 Å². The third-order valence-electron chi connectivity index (χ3n) is 2.79. The standard InChI is InChI=1S/C10H15BN2O2/c1-12-5-6-13(2)10(12)11-8-4-3-7-15-9(8)14/h5-6,8H,3-4,7H2,1-2H3. The average molecular weight is 206 g/mol. The maximum absolute atomic E-state index is 11.5. The fraction of sp³-hybridized carbons (Fsp3) is 0.600. The van der Waals surface area contributed by atoms with Gasteiger partial charge >= 0.3 is 0 Å². The van der Waals surface area contributed by atoms with Gasteiger partial charge in [-0.05, 0) is 6.42 Å². The first-order valence-electron chi connectivity index (χ1n) is 5.21. The minimum absolute atomic E-state index is 0.0847. The first-order chi connectivity index (χ1) is 7.18. The average Bonchev–Trinajstić information content (AvgIpc) is 2.53. The van der Waals surface area contributed by atoms with Crippen LogP contribution in [0.5, 0.6) is 0 Å². The number of imidazole rings is 1. The second-order valence-corrected chi connectivity index (χ2v) is 3.96. The number of nitrogens with zero attached hydrogens (tertiary/aromatic N) is 2. The van der Waals surface area contributed by atoms with E-state index in [0.717, 1.165) is 18.6 Å². The van der Waals surface area contributed by atoms with Crippen LogP contribution in [0.15, 0.2) is 12.4 Å². The molecule has 1 aromatic rings. The minimum Gasteiger partial charge on any atom is -0.468 e. The molecule has 15 heavy (non-hydrogen) atoms. The molecule has 1 atom stereocenters. The van der Waals surface area contributed by atoms with E-state index in [0.29, 0.717) is 6.61 Å². The number of aromatic nitrogens is 2. The molecule has 2 heterocycles. The van der Waals surface area contributed by atoms with Crippen LogP contribution >= 0.6 is 0 Å². The SMILES string of the molecule is Cn1cc[n+](C)c1[B-]C1CCCOC1=O. The van der Waals surface area contributed by atoms with Crippen LogP contribution in [0.25, 0.3) is 0 Å². The van der Waals surface area contributed by atoms with Crippen molar-refractivity contribution in [3.05, 3.63) is 12.4 Å². The molecule has 4 nitrogen and oxygen atoms in total. The van der Waals surface area contributed by atoms with E-state index in [2.05, 4.69) is 0 Å². The van der Waals surface area contributed by atoms with Crippen molar-refractivity contribution in [3.63, 3.8) is 0 Å². The number of hydrogen-bond donors (Lipinski definition) is 0. The van der Waals surface area contributed by atoms with E-state index in [9.17, 15) is 4.79 Å². The summed E-state index contributed by atoms with van der Waals surface area (Å²) in [5.74, 6) is -0.180. The van der Waals surface area contributed by atoms with Crippen LogP contribution in [0, 0.1) is 0 Å². The minimum atomic E-state index is -0.0950. The van der Waals surface area contributed by atoms with E-state index < -0.39 is 0 Å². The molecule has 0 saturated carbocycles. The summed E-state index contributed by atoms with van der Waals surface area (Å²) in [7, 11) is 5.93. The van der Waals surface area contributed by atoms with Crippen molar-refractivity contribution < 1.29 is 14.1 Å². The van der Waals surface area contributed by atoms with E-state index in [1.165, 1.54) is 0 Å². The molecule has 1 unspecified atom stereocenters. The van der Waals surface area contributed by atoms with Gasteiger partial charge in [0.25, 0.3) is 5.97 Å². The smallest absolute Gasteiger partial charge is 0.268 e. The first-order valence-corrected chi connectivity index (χ1v) is 5.21. The highest BCUT2D eigenvalue weighted by Gasteiger charge is 2.17. The summed E-state index contributed by atoms with van der Waals surface area (Å²) in [5, 5.41) is 0. The molecule has 2 rings (SSSR count). The van der Waals surface area contributed by atoms with Crippen LogP contribution in [0.2, 0.25) is 5.82 Å². The van der Waals surface area contributed by atoms with Crippen LogP contribution in [-0.2, 0) is 23.6 Å². The van der Waals surface area contributed by atoms with Crippen molar-refractivity contribution in [2.75, 3.05) is 6.61 Å². The maximum atomic E-state index is 11.5. The Labute approximate surface area is 90.1 Å². The Hall–Kier alpha value is -1.26. The Balaban J connectivity index is 2.10. The molecule has 0 amide bonds. The second kappa shape index (κ2) is 4.09. The van der Waals surface area contributed by atoms with Crippen LogP contribution < -0.4 is 10.3 Å². The first kappa shape index (κ1) is 10.3. The normalized spacial score (nSPS) is 21.5. The Morgan fingerprint density at radius 1 is 1.67 bits per heavy atom. The van der Waals surface area contributed by atoms with Crippen LogP contribution in [0.3, 0.4) is 0 Å². The summed E-state index contributed by atoms with van der Waals surface area (Å²) in [6.07, 6.45) is 5.80. The molecule has 1 saturated heterocycles. The fourth-order valence-electron chi connectivity index (χ4n) is 1.87. The number of hydrogen-bond acceptors (Lipinski definition) is 2. The Kier molecular flexibility index (Phi) is 2.80. The number of aryl methyl sites for hydroxylation is 2. The van der Waals surface area contributed by atoms with E-state index in [1.807, 2.05) is 42.9 Å². The zero-order valence-electron chi connectivity index (χ0n) is 9.14. The Morgan fingerprint density at radius 2 is 2.47 bits per heavy atom. The lowest BCUT2D eigenvalue weighted by molar-refractivity contribution is -0.653. The van der Waals surface area contributed by atoms with Crippen molar-refractivity contribution in [2.24, 2.45) is 14.1 Å². The van der Waals surface area contributed by atoms with Crippen molar-refractivity contribution in [1.29, 1.82) is 0 Å². The van der Waals surface area contributed by atoms with Gasteiger partial charge in [0.2, 0.25) is 0 Å². The van der Waals surface area contributed by atoms with Gasteiger partial charge in [0, 0.05) is 5.72 Å². The molecule has 0 aliphatic carbocycles. The molecule has 2 radical (unpaired) electrons. The van der Waals surface area contributed by atoms with Gasteiger partial charge in [0.05, 0.1) is 20.7 Å². The molecule has 0 aromatic carbocycles. The number of rotatable bonds is 2. The fourth-order valence-corrected chi connectivity index (χ4v) is 1.87. The van der Waals surface area contributed by atoms with Gasteiger partial charge in [-0.1, -0.05) is 6.42 Å². The van der Waals surface area contributed by atoms with E-state index in [1.54, 1.807) is 0 Å². The quantitative estimate of drug-likeness (QED) is 0.364. The summed E-state index contributed by atoms with van der Waals surface area (Å²) in [6, 6.07) is 0. The third-order valence-corrected chi connectivity index (χ3v) is 2.79. The molecule has 80 valence electrons. The second-order valence-electron chi connectivity index (χ2n) is 3.96. The summed E-state index contributed by atoms with van der Waals surface area (Å²) in [6.45, 7) is 0.572. The Morgan fingerprint density at radius 3 is 3.07 bits per heavy atom. The highest BCUT2D eigenvalue weighted by molar-refractivity contribution is 6.56. The van der Waals surface area contributed by atoms with E-state index in [-0.39, 0.29) is 11.8 Å². The van der Waals surface area contributed by atoms with Crippen molar-refractivity contribution >= 4 is 19.0 Å². The maximum Gasteiger partial charge on any atom is 0.268 e. The van der Waals surface area contributed by atoms with Crippen LogP contribution in [0.4, 0.5) is 0 Å². The summed E-state index contributed by atoms with van der Waals surface area (Å²) in [5.41, 5.74) is 1.04. The van der Waals surface area contributed by atoms with Crippen LogP contribution in [-0.4, -0.2) is 24.4 Å². The van der Waals surface area contributed by atoms with Gasteiger partial charge in [-0.3, -0.25) is 13.9 Å². The van der Waals surface area contributed by atoms with Crippen molar-refractivity contribution in [3.8, 4) is 0 Å². The van der Waals surface area contributed by atoms with Gasteiger partial charge in [-0.2, -0.15) is 7.28 Å². The summed E-state index contributed by atoms with van der Waals surface area (Å²) < 4.78 is 9.03. The zero-order chi connectivity index (χ0) is 10.8. The monoisotopic (exact) mass is 206 g/mol. The number of carbonyl (C=O) groups is 1. The third kappa shape index (κ3) is 2.06. The molecule has 0 N–H and O–H groups in total. The van der Waals surface area contributed by atoms with Crippen molar-refractivity contribution in [1.82, 2.24) is 4.57 Å². The van der Waals surface area contributed by atoms with E-state index >= 15 is 0 Å². The highest BCUT2D eigenvalue weighted by Crippen LogP contribution is 2.18. The molecule has 1 aliphatic heterocycles. The van der Waals surface area contributed by atoms with Crippen molar-refractivity contribution in [2.45, 2.75) is 18.7 Å². The number of esters is 1. The Bertz CT molecular complexity index is 356. The van der Waals surface area contributed by atoms with Gasteiger partial charge in [0.1, 0.15) is 12.4 Å². The lowest BCUT2D eigenvalue weighted by Crippen LogP contribution is -2.51. The predicted molar refractivity (Wildman–Crippen MR) is 55.9 cm³/mol. The van der Waals surface area contributed by atoms with Gasteiger partial charge < -0.3 is 4.74 Å². The molecule has 1 fully saturated rings. The van der Waals surface area contributed by atoms with Gasteiger partial charge in [-0.15, -0.1) is 5.82 Å². The molecule has 5 heteroatoms. The molecular weight excluding hydrogens is 191 g/mol. The molecule has 1 aliphatic rings. The highest BCUT2D eigenvalue weighted by atomic mass is 16.5. The lowest BCUT2D eigenvalue weighted by atomic mass is 9.61. The number of ether oxygens (including phenoxy) is 1. The molecule has 1 aromatic heterocycles. The molecular formula is C10H15BN2O2. The number of cyclic esters (lactones) is 1. The summed E-state index contributed by atoms with van der Waals surface area (Å²) >= 11 is 0. The largest absolute Gasteiger partial charge is 0.468 e.